The van der Waals surface area contributed by atoms with Crippen LogP contribution in [-0.4, -0.2) is 16.2 Å². The van der Waals surface area contributed by atoms with Crippen molar-refractivity contribution >= 4 is 22.5 Å². The minimum Gasteiger partial charge on any atom is -0.493 e. The molecule has 0 aliphatic heterocycles. The van der Waals surface area contributed by atoms with Crippen molar-refractivity contribution in [3.8, 4) is 17.1 Å². The van der Waals surface area contributed by atoms with Crippen LogP contribution in [0.2, 0.25) is 5.02 Å². The smallest absolute Gasteiger partial charge is 0.261 e. The molecule has 0 spiro atoms. The molecule has 4 rings (SSSR count). The molecular formula is C29H31ClN2O2. The Morgan fingerprint density at radius 2 is 1.59 bits per heavy atom. The molecule has 0 bridgehead atoms. The van der Waals surface area contributed by atoms with Gasteiger partial charge in [-0.3, -0.25) is 9.36 Å². The highest BCUT2D eigenvalue weighted by Crippen LogP contribution is 2.31. The van der Waals surface area contributed by atoms with Crippen molar-refractivity contribution in [3.63, 3.8) is 0 Å². The predicted molar refractivity (Wildman–Crippen MR) is 141 cm³/mol. The molecule has 0 fully saturated rings. The first-order valence-electron chi connectivity index (χ1n) is 11.8. The van der Waals surface area contributed by atoms with Gasteiger partial charge >= 0.3 is 0 Å². The van der Waals surface area contributed by atoms with Gasteiger partial charge in [-0.25, -0.2) is 4.98 Å². The van der Waals surface area contributed by atoms with Gasteiger partial charge in [0.2, 0.25) is 0 Å². The van der Waals surface area contributed by atoms with E-state index in [1.165, 1.54) is 5.56 Å². The van der Waals surface area contributed by atoms with Gasteiger partial charge in [-0.1, -0.05) is 62.7 Å². The molecule has 1 heterocycles. The summed E-state index contributed by atoms with van der Waals surface area (Å²) in [7, 11) is 0. The molecule has 0 saturated carbocycles. The van der Waals surface area contributed by atoms with Crippen LogP contribution in [0.4, 0.5) is 0 Å². The van der Waals surface area contributed by atoms with E-state index in [-0.39, 0.29) is 11.0 Å². The van der Waals surface area contributed by atoms with Gasteiger partial charge in [-0.05, 0) is 72.7 Å². The molecule has 4 aromatic rings. The summed E-state index contributed by atoms with van der Waals surface area (Å²) < 4.78 is 7.90. The normalized spacial score (nSPS) is 11.6. The fourth-order valence-electron chi connectivity index (χ4n) is 4.14. The number of halogens is 1. The molecule has 0 saturated heterocycles. The van der Waals surface area contributed by atoms with Crippen LogP contribution in [0.3, 0.4) is 0 Å². The molecule has 176 valence electrons. The van der Waals surface area contributed by atoms with Gasteiger partial charge in [-0.2, -0.15) is 0 Å². The van der Waals surface area contributed by atoms with Crippen LogP contribution in [0, 0.1) is 0 Å². The highest BCUT2D eigenvalue weighted by molar-refractivity contribution is 6.30. The van der Waals surface area contributed by atoms with E-state index in [0.717, 1.165) is 30.6 Å². The van der Waals surface area contributed by atoms with E-state index in [1.807, 2.05) is 60.7 Å². The number of fused-ring (bicyclic) bond motifs is 1. The highest BCUT2D eigenvalue weighted by Gasteiger charge is 2.18. The van der Waals surface area contributed by atoms with Crippen molar-refractivity contribution in [1.82, 2.24) is 9.55 Å². The molecule has 0 aliphatic carbocycles. The molecule has 0 amide bonds. The second-order valence-corrected chi connectivity index (χ2v) is 10.0. The third-order valence-electron chi connectivity index (χ3n) is 5.94. The molecule has 4 nitrogen and oxygen atoms in total. The van der Waals surface area contributed by atoms with Crippen LogP contribution in [-0.2, 0) is 12.0 Å². The molecule has 1 aromatic heterocycles. The molecular weight excluding hydrogens is 444 g/mol. The zero-order valence-corrected chi connectivity index (χ0v) is 20.8. The van der Waals surface area contributed by atoms with Crippen molar-refractivity contribution in [2.75, 3.05) is 6.61 Å². The number of unbranched alkanes of at least 4 members (excludes halogenated alkanes) is 2. The third-order valence-corrected chi connectivity index (χ3v) is 6.19. The Labute approximate surface area is 206 Å². The summed E-state index contributed by atoms with van der Waals surface area (Å²) in [5, 5.41) is 1.30. The fraction of sp³-hybridized carbons (Fsp3) is 0.310. The Morgan fingerprint density at radius 3 is 2.35 bits per heavy atom. The van der Waals surface area contributed by atoms with E-state index >= 15 is 0 Å². The summed E-state index contributed by atoms with van der Waals surface area (Å²) in [6.07, 6.45) is 2.74. The average molecular weight is 475 g/mol. The van der Waals surface area contributed by atoms with Gasteiger partial charge in [0.1, 0.15) is 11.6 Å². The number of hydrogen-bond donors (Lipinski definition) is 0. The Kier molecular flexibility index (Phi) is 7.38. The minimum atomic E-state index is -0.00842. The standard InChI is InChI=1S/C29H31ClN2O2/c1-29(2,3)24-12-6-8-14-26(24)34-20-10-4-9-19-32-27(21-15-17-22(30)18-16-21)31-25-13-7-5-11-23(25)28(32)33/h5-8,11-18H,4,9-10,19-20H2,1-3H3. The minimum absolute atomic E-state index is 0.00842. The molecule has 0 atom stereocenters. The van der Waals surface area contributed by atoms with Crippen LogP contribution in [0.25, 0.3) is 22.3 Å². The number of ether oxygens (including phenoxy) is 1. The van der Waals surface area contributed by atoms with Crippen molar-refractivity contribution in [3.05, 3.63) is 93.7 Å². The topological polar surface area (TPSA) is 44.1 Å². The van der Waals surface area contributed by atoms with Crippen LogP contribution in [0.5, 0.6) is 5.75 Å². The maximum Gasteiger partial charge on any atom is 0.261 e. The lowest BCUT2D eigenvalue weighted by Gasteiger charge is -2.22. The van der Waals surface area contributed by atoms with E-state index in [9.17, 15) is 4.79 Å². The molecule has 0 N–H and O–H groups in total. The largest absolute Gasteiger partial charge is 0.493 e. The van der Waals surface area contributed by atoms with Crippen LogP contribution >= 0.6 is 11.6 Å². The van der Waals surface area contributed by atoms with Crippen LogP contribution in [0.1, 0.15) is 45.6 Å². The number of rotatable bonds is 8. The SMILES string of the molecule is CC(C)(C)c1ccccc1OCCCCCn1c(-c2ccc(Cl)cc2)nc2ccccc2c1=O. The van der Waals surface area contributed by atoms with Crippen molar-refractivity contribution in [1.29, 1.82) is 0 Å². The van der Waals surface area contributed by atoms with Gasteiger partial charge in [0.05, 0.1) is 17.5 Å². The predicted octanol–water partition coefficient (Wildman–Crippen LogP) is 7.26. The van der Waals surface area contributed by atoms with Gasteiger partial charge in [0.15, 0.2) is 0 Å². The van der Waals surface area contributed by atoms with Crippen molar-refractivity contribution in [2.45, 2.75) is 52.0 Å². The first-order valence-corrected chi connectivity index (χ1v) is 12.2. The number of hydrogen-bond acceptors (Lipinski definition) is 3. The number of nitrogens with zero attached hydrogens (tertiary/aromatic N) is 2. The molecule has 5 heteroatoms. The maximum absolute atomic E-state index is 13.3. The van der Waals surface area contributed by atoms with E-state index in [1.54, 1.807) is 4.57 Å². The number of para-hydroxylation sites is 2. The molecule has 3 aromatic carbocycles. The summed E-state index contributed by atoms with van der Waals surface area (Å²) in [6, 6.07) is 23.2. The maximum atomic E-state index is 13.3. The van der Waals surface area contributed by atoms with E-state index in [0.29, 0.717) is 34.9 Å². The molecule has 34 heavy (non-hydrogen) atoms. The van der Waals surface area contributed by atoms with E-state index in [2.05, 4.69) is 32.9 Å². The highest BCUT2D eigenvalue weighted by atomic mass is 35.5. The summed E-state index contributed by atoms with van der Waals surface area (Å²) in [5.74, 6) is 1.63. The molecule has 0 radical (unpaired) electrons. The van der Waals surface area contributed by atoms with Crippen LogP contribution < -0.4 is 10.3 Å². The van der Waals surface area contributed by atoms with Crippen molar-refractivity contribution < 1.29 is 4.74 Å². The quantitative estimate of drug-likeness (QED) is 0.252. The van der Waals surface area contributed by atoms with Gasteiger partial charge in [0, 0.05) is 17.1 Å². The van der Waals surface area contributed by atoms with E-state index < -0.39 is 0 Å². The zero-order valence-electron chi connectivity index (χ0n) is 20.1. The summed E-state index contributed by atoms with van der Waals surface area (Å²) in [6.45, 7) is 7.85. The Bertz CT molecular complexity index is 1320. The van der Waals surface area contributed by atoms with Gasteiger partial charge in [0.25, 0.3) is 5.56 Å². The average Bonchev–Trinajstić information content (AvgIpc) is 2.82. The Balaban J connectivity index is 1.45. The lowest BCUT2D eigenvalue weighted by molar-refractivity contribution is 0.296. The second-order valence-electron chi connectivity index (χ2n) is 9.57. The Morgan fingerprint density at radius 1 is 0.882 bits per heavy atom. The monoisotopic (exact) mass is 474 g/mol. The Hall–Kier alpha value is -3.11. The molecule has 0 unspecified atom stereocenters. The summed E-state index contributed by atoms with van der Waals surface area (Å²) in [5.41, 5.74) is 2.84. The number of aromatic nitrogens is 2. The summed E-state index contributed by atoms with van der Waals surface area (Å²) in [4.78, 5) is 18.1. The van der Waals surface area contributed by atoms with Gasteiger partial charge < -0.3 is 4.74 Å². The van der Waals surface area contributed by atoms with E-state index in [4.69, 9.17) is 21.3 Å². The second kappa shape index (κ2) is 10.4. The first-order chi connectivity index (χ1) is 16.3. The zero-order chi connectivity index (χ0) is 24.1. The van der Waals surface area contributed by atoms with Crippen molar-refractivity contribution in [2.24, 2.45) is 0 Å². The summed E-state index contributed by atoms with van der Waals surface area (Å²) >= 11 is 6.08. The molecule has 0 aliphatic rings. The fourth-order valence-corrected chi connectivity index (χ4v) is 4.26. The lowest BCUT2D eigenvalue weighted by atomic mass is 9.86. The first kappa shape index (κ1) is 24.0. The van der Waals surface area contributed by atoms with Crippen LogP contribution in [0.15, 0.2) is 77.6 Å². The lowest BCUT2D eigenvalue weighted by Crippen LogP contribution is -2.23. The number of benzene rings is 3. The van der Waals surface area contributed by atoms with Gasteiger partial charge in [-0.15, -0.1) is 0 Å². The third kappa shape index (κ3) is 5.51.